The van der Waals surface area contributed by atoms with Crippen LogP contribution in [0.2, 0.25) is 0 Å². The molecule has 0 unspecified atom stereocenters. The molecule has 0 aliphatic rings. The average Bonchev–Trinajstić information content (AvgIpc) is 3.46. The van der Waals surface area contributed by atoms with E-state index in [-0.39, 0.29) is 5.91 Å². The Labute approximate surface area is 190 Å². The molecule has 1 N–H and O–H groups in total. The standard InChI is InChI=1S/C26H21N5O2/c1-17-11-12-24(33-17)25-22(16-31(30-25)21-9-4-3-5-10-21)26(32)29-20-8-6-7-19(15-20)23-13-14-27-18(2)28-23/h3-16H,1-2H3,(H,29,32). The molecule has 7 nitrogen and oxygen atoms in total. The maximum atomic E-state index is 13.3. The lowest BCUT2D eigenvalue weighted by Gasteiger charge is -2.07. The van der Waals surface area contributed by atoms with Crippen LogP contribution in [0.25, 0.3) is 28.4 Å². The summed E-state index contributed by atoms with van der Waals surface area (Å²) in [6.45, 7) is 3.70. The van der Waals surface area contributed by atoms with Crippen LogP contribution in [0.1, 0.15) is 21.9 Å². The van der Waals surface area contributed by atoms with Gasteiger partial charge in [-0.1, -0.05) is 30.3 Å². The third kappa shape index (κ3) is 4.29. The summed E-state index contributed by atoms with van der Waals surface area (Å²) in [7, 11) is 0. The number of carbonyl (C=O) groups excluding carboxylic acids is 1. The highest BCUT2D eigenvalue weighted by molar-refractivity contribution is 6.08. The van der Waals surface area contributed by atoms with Crippen LogP contribution in [-0.2, 0) is 0 Å². The first-order valence-electron chi connectivity index (χ1n) is 10.5. The van der Waals surface area contributed by atoms with Gasteiger partial charge in [0.1, 0.15) is 17.3 Å². The van der Waals surface area contributed by atoms with Crippen molar-refractivity contribution in [3.63, 3.8) is 0 Å². The number of anilines is 1. The Hall–Kier alpha value is -4.52. The lowest BCUT2D eigenvalue weighted by atomic mass is 10.1. The Balaban J connectivity index is 1.49. The minimum atomic E-state index is -0.280. The van der Waals surface area contributed by atoms with Crippen molar-refractivity contribution in [1.82, 2.24) is 19.7 Å². The highest BCUT2D eigenvalue weighted by Crippen LogP contribution is 2.27. The Morgan fingerprint density at radius 2 is 1.82 bits per heavy atom. The van der Waals surface area contributed by atoms with Crippen LogP contribution in [-0.4, -0.2) is 25.7 Å². The third-order valence-corrected chi connectivity index (χ3v) is 5.15. The molecule has 2 aromatic carbocycles. The average molecular weight is 435 g/mol. The number of para-hydroxylation sites is 1. The van der Waals surface area contributed by atoms with Gasteiger partial charge in [0.2, 0.25) is 0 Å². The second-order valence-electron chi connectivity index (χ2n) is 7.61. The smallest absolute Gasteiger partial charge is 0.259 e. The van der Waals surface area contributed by atoms with Crippen LogP contribution >= 0.6 is 0 Å². The molecular weight excluding hydrogens is 414 g/mol. The lowest BCUT2D eigenvalue weighted by Crippen LogP contribution is -2.12. The van der Waals surface area contributed by atoms with Gasteiger partial charge in [-0.3, -0.25) is 4.79 Å². The number of hydrogen-bond donors (Lipinski definition) is 1. The van der Waals surface area contributed by atoms with E-state index in [0.29, 0.717) is 28.5 Å². The summed E-state index contributed by atoms with van der Waals surface area (Å²) in [5.74, 6) is 1.70. The number of nitrogens with zero attached hydrogens (tertiary/aromatic N) is 4. The van der Waals surface area contributed by atoms with Crippen LogP contribution in [0.3, 0.4) is 0 Å². The molecule has 0 saturated heterocycles. The van der Waals surface area contributed by atoms with E-state index in [0.717, 1.165) is 22.7 Å². The van der Waals surface area contributed by atoms with Crippen molar-refractivity contribution in [2.24, 2.45) is 0 Å². The lowest BCUT2D eigenvalue weighted by molar-refractivity contribution is 0.102. The number of rotatable bonds is 5. The zero-order valence-corrected chi connectivity index (χ0v) is 18.2. The number of carbonyl (C=O) groups is 1. The fourth-order valence-corrected chi connectivity index (χ4v) is 3.57. The van der Waals surface area contributed by atoms with E-state index in [1.165, 1.54) is 0 Å². The van der Waals surface area contributed by atoms with Crippen LogP contribution in [0, 0.1) is 13.8 Å². The number of nitrogens with one attached hydrogen (secondary N) is 1. The fraction of sp³-hybridized carbons (Fsp3) is 0.0769. The quantitative estimate of drug-likeness (QED) is 0.396. The van der Waals surface area contributed by atoms with Gasteiger partial charge in [-0.25, -0.2) is 14.6 Å². The van der Waals surface area contributed by atoms with E-state index in [1.807, 2.05) is 86.6 Å². The van der Waals surface area contributed by atoms with Crippen LogP contribution in [0.5, 0.6) is 0 Å². The van der Waals surface area contributed by atoms with Crippen molar-refractivity contribution >= 4 is 11.6 Å². The molecule has 0 aliphatic heterocycles. The first kappa shape index (κ1) is 20.4. The molecule has 0 spiro atoms. The Morgan fingerprint density at radius 3 is 2.58 bits per heavy atom. The van der Waals surface area contributed by atoms with Crippen LogP contribution < -0.4 is 5.32 Å². The zero-order chi connectivity index (χ0) is 22.8. The molecule has 3 aromatic heterocycles. The monoisotopic (exact) mass is 435 g/mol. The van der Waals surface area contributed by atoms with Gasteiger partial charge in [-0.05, 0) is 56.3 Å². The highest BCUT2D eigenvalue weighted by Gasteiger charge is 2.21. The molecule has 0 aliphatic carbocycles. The number of aryl methyl sites for hydroxylation is 2. The normalized spacial score (nSPS) is 10.8. The summed E-state index contributed by atoms with van der Waals surface area (Å²) in [6.07, 6.45) is 3.44. The summed E-state index contributed by atoms with van der Waals surface area (Å²) < 4.78 is 7.46. The first-order chi connectivity index (χ1) is 16.1. The number of aromatic nitrogens is 4. The fourth-order valence-electron chi connectivity index (χ4n) is 3.57. The zero-order valence-electron chi connectivity index (χ0n) is 18.2. The van der Waals surface area contributed by atoms with Gasteiger partial charge in [0, 0.05) is 23.6 Å². The van der Waals surface area contributed by atoms with Gasteiger partial charge in [0.25, 0.3) is 5.91 Å². The van der Waals surface area contributed by atoms with Crippen LogP contribution in [0.4, 0.5) is 5.69 Å². The molecule has 0 radical (unpaired) electrons. The number of benzene rings is 2. The highest BCUT2D eigenvalue weighted by atomic mass is 16.3. The van der Waals surface area contributed by atoms with E-state index >= 15 is 0 Å². The summed E-state index contributed by atoms with van der Waals surface area (Å²) in [6, 6.07) is 22.7. The van der Waals surface area contributed by atoms with Gasteiger partial charge >= 0.3 is 0 Å². The van der Waals surface area contributed by atoms with Gasteiger partial charge < -0.3 is 9.73 Å². The second-order valence-corrected chi connectivity index (χ2v) is 7.61. The van der Waals surface area contributed by atoms with Gasteiger partial charge in [0.05, 0.1) is 16.9 Å². The molecular formula is C26H21N5O2. The summed E-state index contributed by atoms with van der Waals surface area (Å²) in [5.41, 5.74) is 4.08. The van der Waals surface area contributed by atoms with Gasteiger partial charge in [0.15, 0.2) is 5.76 Å². The summed E-state index contributed by atoms with van der Waals surface area (Å²) >= 11 is 0. The number of furan rings is 1. The molecule has 3 heterocycles. The van der Waals surface area contributed by atoms with Gasteiger partial charge in [-0.15, -0.1) is 0 Å². The topological polar surface area (TPSA) is 85.8 Å². The van der Waals surface area contributed by atoms with Crippen molar-refractivity contribution in [2.75, 3.05) is 5.32 Å². The van der Waals surface area contributed by atoms with E-state index in [4.69, 9.17) is 4.42 Å². The molecule has 0 atom stereocenters. The summed E-state index contributed by atoms with van der Waals surface area (Å²) in [4.78, 5) is 21.9. The van der Waals surface area contributed by atoms with Crippen LogP contribution in [0.15, 0.2) is 89.6 Å². The second kappa shape index (κ2) is 8.55. The van der Waals surface area contributed by atoms with E-state index in [2.05, 4.69) is 20.4 Å². The summed E-state index contributed by atoms with van der Waals surface area (Å²) in [5, 5.41) is 7.63. The number of amides is 1. The maximum absolute atomic E-state index is 13.3. The van der Waals surface area contributed by atoms with Crippen molar-refractivity contribution in [1.29, 1.82) is 0 Å². The molecule has 7 heteroatoms. The predicted molar refractivity (Wildman–Crippen MR) is 126 cm³/mol. The molecule has 33 heavy (non-hydrogen) atoms. The van der Waals surface area contributed by atoms with E-state index in [9.17, 15) is 4.79 Å². The maximum Gasteiger partial charge on any atom is 0.259 e. The minimum absolute atomic E-state index is 0.280. The molecule has 0 saturated carbocycles. The Kier molecular flexibility index (Phi) is 5.28. The van der Waals surface area contributed by atoms with Crippen molar-refractivity contribution in [2.45, 2.75) is 13.8 Å². The van der Waals surface area contributed by atoms with E-state index in [1.54, 1.807) is 17.1 Å². The molecule has 0 bridgehead atoms. The minimum Gasteiger partial charge on any atom is -0.460 e. The molecule has 162 valence electrons. The largest absolute Gasteiger partial charge is 0.460 e. The third-order valence-electron chi connectivity index (χ3n) is 5.15. The Bertz CT molecular complexity index is 1440. The van der Waals surface area contributed by atoms with E-state index < -0.39 is 0 Å². The SMILES string of the molecule is Cc1nccc(-c2cccc(NC(=O)c3cn(-c4ccccc4)nc3-c3ccc(C)o3)c2)n1. The molecule has 0 fully saturated rings. The first-order valence-corrected chi connectivity index (χ1v) is 10.5. The number of hydrogen-bond acceptors (Lipinski definition) is 5. The molecule has 5 aromatic rings. The predicted octanol–water partition coefficient (Wildman–Crippen LogP) is 5.46. The Morgan fingerprint density at radius 1 is 0.970 bits per heavy atom. The van der Waals surface area contributed by atoms with Gasteiger partial charge in [-0.2, -0.15) is 5.10 Å². The molecule has 1 amide bonds. The molecule has 5 rings (SSSR count). The van der Waals surface area contributed by atoms with Crippen molar-refractivity contribution in [3.8, 4) is 28.4 Å². The van der Waals surface area contributed by atoms with Crippen molar-refractivity contribution < 1.29 is 9.21 Å². The van der Waals surface area contributed by atoms with Crippen molar-refractivity contribution in [3.05, 3.63) is 102 Å².